The average molecular weight is 341 g/mol. The summed E-state index contributed by atoms with van der Waals surface area (Å²) in [6.45, 7) is 0. The smallest absolute Gasteiger partial charge is 0.261 e. The first kappa shape index (κ1) is 15.3. The predicted molar refractivity (Wildman–Crippen MR) is 77.7 cm³/mol. The van der Waals surface area contributed by atoms with Crippen molar-refractivity contribution in [2.75, 3.05) is 0 Å². The molecular formula is C15H12Cl2NO4-. The van der Waals surface area contributed by atoms with E-state index in [9.17, 15) is 19.5 Å². The number of carbonyl (C=O) groups excluding carboxylic acids is 3. The maximum absolute atomic E-state index is 12.5. The highest BCUT2D eigenvalue weighted by Crippen LogP contribution is 2.36. The fraction of sp³-hybridized carbons (Fsp3) is 0.400. The number of fused-ring (bicyclic) bond motifs is 1. The van der Waals surface area contributed by atoms with E-state index >= 15 is 0 Å². The predicted octanol–water partition coefficient (Wildman–Crippen LogP) is 1.90. The molecule has 0 spiro atoms. The Morgan fingerprint density at radius 1 is 1.00 bits per heavy atom. The van der Waals surface area contributed by atoms with E-state index in [1.807, 2.05) is 0 Å². The summed E-state index contributed by atoms with van der Waals surface area (Å²) in [5.74, 6) is -2.36. The van der Waals surface area contributed by atoms with Crippen LogP contribution in [0.4, 0.5) is 0 Å². The van der Waals surface area contributed by atoms with Gasteiger partial charge in [0, 0.05) is 12.0 Å². The molecule has 2 aliphatic rings. The lowest BCUT2D eigenvalue weighted by Crippen LogP contribution is -2.44. The Morgan fingerprint density at radius 3 is 1.86 bits per heavy atom. The van der Waals surface area contributed by atoms with E-state index in [-0.39, 0.29) is 27.2 Å². The molecule has 3 rings (SSSR count). The maximum Gasteiger partial charge on any atom is 0.261 e. The van der Waals surface area contributed by atoms with Gasteiger partial charge >= 0.3 is 0 Å². The fourth-order valence-corrected chi connectivity index (χ4v) is 3.48. The van der Waals surface area contributed by atoms with Crippen molar-refractivity contribution >= 4 is 41.0 Å². The van der Waals surface area contributed by atoms with Crippen molar-refractivity contribution in [3.63, 3.8) is 0 Å². The van der Waals surface area contributed by atoms with Gasteiger partial charge in [0.25, 0.3) is 11.8 Å². The molecule has 1 aromatic carbocycles. The van der Waals surface area contributed by atoms with Crippen molar-refractivity contribution in [3.05, 3.63) is 33.3 Å². The van der Waals surface area contributed by atoms with E-state index in [4.69, 9.17) is 23.2 Å². The largest absolute Gasteiger partial charge is 0.550 e. The number of carboxylic acid groups (broad SMARTS) is 1. The first-order valence-electron chi connectivity index (χ1n) is 6.98. The van der Waals surface area contributed by atoms with Crippen LogP contribution in [0.3, 0.4) is 0 Å². The molecule has 1 aliphatic carbocycles. The monoisotopic (exact) mass is 340 g/mol. The molecule has 0 aromatic heterocycles. The molecule has 0 atom stereocenters. The van der Waals surface area contributed by atoms with E-state index in [1.54, 1.807) is 0 Å². The molecule has 2 amide bonds. The maximum atomic E-state index is 12.5. The van der Waals surface area contributed by atoms with Crippen molar-refractivity contribution in [3.8, 4) is 0 Å². The minimum Gasteiger partial charge on any atom is -0.550 e. The minimum absolute atomic E-state index is 0.226. The Kier molecular flexibility index (Phi) is 3.87. The van der Waals surface area contributed by atoms with Crippen LogP contribution in [0.2, 0.25) is 10.0 Å². The molecule has 1 fully saturated rings. The van der Waals surface area contributed by atoms with Crippen molar-refractivity contribution in [2.24, 2.45) is 5.92 Å². The number of amides is 2. The van der Waals surface area contributed by atoms with E-state index < -0.39 is 23.7 Å². The molecule has 1 aromatic rings. The second-order valence-corrected chi connectivity index (χ2v) is 6.43. The van der Waals surface area contributed by atoms with Crippen LogP contribution in [0.5, 0.6) is 0 Å². The zero-order chi connectivity index (χ0) is 16.0. The molecule has 7 heteroatoms. The molecule has 0 radical (unpaired) electrons. The van der Waals surface area contributed by atoms with Gasteiger partial charge < -0.3 is 9.90 Å². The molecule has 0 unspecified atom stereocenters. The molecule has 1 aliphatic heterocycles. The number of hydrogen-bond acceptors (Lipinski definition) is 4. The van der Waals surface area contributed by atoms with E-state index in [0.29, 0.717) is 25.7 Å². The molecule has 1 saturated carbocycles. The summed E-state index contributed by atoms with van der Waals surface area (Å²) in [7, 11) is 0. The first-order chi connectivity index (χ1) is 10.4. The normalized spacial score (nSPS) is 24.5. The minimum atomic E-state index is -1.07. The SMILES string of the molecule is O=C([O-])C1CCC(N2C(=O)c3cc(Cl)c(Cl)cc3C2=O)CC1. The van der Waals surface area contributed by atoms with Crippen molar-refractivity contribution < 1.29 is 19.5 Å². The third-order valence-electron chi connectivity index (χ3n) is 4.35. The molecule has 1 heterocycles. The molecular weight excluding hydrogens is 329 g/mol. The fourth-order valence-electron chi connectivity index (χ4n) is 3.15. The van der Waals surface area contributed by atoms with Gasteiger partial charge in [0.15, 0.2) is 0 Å². The van der Waals surface area contributed by atoms with Gasteiger partial charge in [-0.2, -0.15) is 0 Å². The van der Waals surface area contributed by atoms with Crippen LogP contribution in [-0.2, 0) is 4.79 Å². The number of halogens is 2. The Bertz CT molecular complexity index is 639. The van der Waals surface area contributed by atoms with Crippen molar-refractivity contribution in [1.29, 1.82) is 0 Å². The number of carboxylic acids is 1. The topological polar surface area (TPSA) is 77.5 Å². The lowest BCUT2D eigenvalue weighted by Gasteiger charge is -2.33. The second-order valence-electron chi connectivity index (χ2n) is 5.62. The highest BCUT2D eigenvalue weighted by Gasteiger charge is 2.41. The summed E-state index contributed by atoms with van der Waals surface area (Å²) in [5.41, 5.74) is 0.503. The summed E-state index contributed by atoms with van der Waals surface area (Å²) < 4.78 is 0. The quantitative estimate of drug-likeness (QED) is 0.770. The number of rotatable bonds is 2. The van der Waals surface area contributed by atoms with Crippen molar-refractivity contribution in [1.82, 2.24) is 4.90 Å². The summed E-state index contributed by atoms with van der Waals surface area (Å²) in [5, 5.41) is 11.3. The van der Waals surface area contributed by atoms with E-state index in [1.165, 1.54) is 17.0 Å². The molecule has 22 heavy (non-hydrogen) atoms. The standard InChI is InChI=1S/C15H13Cl2NO4/c16-11-5-9-10(6-12(11)17)14(20)18(13(9)19)8-3-1-7(2-4-8)15(21)22/h5-8H,1-4H2,(H,21,22)/p-1. The second kappa shape index (κ2) is 5.56. The van der Waals surface area contributed by atoms with Gasteiger partial charge in [-0.05, 0) is 43.7 Å². The Balaban J connectivity index is 1.84. The average Bonchev–Trinajstić information content (AvgIpc) is 2.72. The molecule has 0 N–H and O–H groups in total. The Hall–Kier alpha value is -1.59. The van der Waals surface area contributed by atoms with Crippen LogP contribution < -0.4 is 5.11 Å². The molecule has 5 nitrogen and oxygen atoms in total. The van der Waals surface area contributed by atoms with Crippen LogP contribution in [-0.4, -0.2) is 28.7 Å². The third-order valence-corrected chi connectivity index (χ3v) is 5.08. The van der Waals surface area contributed by atoms with Gasteiger partial charge in [-0.15, -0.1) is 0 Å². The Labute approximate surface area is 136 Å². The number of imide groups is 1. The van der Waals surface area contributed by atoms with Gasteiger partial charge in [0.1, 0.15) is 0 Å². The lowest BCUT2D eigenvalue weighted by atomic mass is 9.85. The summed E-state index contributed by atoms with van der Waals surface area (Å²) in [6.07, 6.45) is 1.74. The Morgan fingerprint density at radius 2 is 1.45 bits per heavy atom. The summed E-state index contributed by atoms with van der Waals surface area (Å²) in [4.78, 5) is 37.0. The van der Waals surface area contributed by atoms with Crippen molar-refractivity contribution in [2.45, 2.75) is 31.7 Å². The van der Waals surface area contributed by atoms with Crippen LogP contribution >= 0.6 is 23.2 Å². The zero-order valence-corrected chi connectivity index (χ0v) is 13.0. The van der Waals surface area contributed by atoms with E-state index in [0.717, 1.165) is 0 Å². The van der Waals surface area contributed by atoms with Gasteiger partial charge in [-0.1, -0.05) is 23.2 Å². The third kappa shape index (κ3) is 2.38. The summed E-state index contributed by atoms with van der Waals surface area (Å²) in [6, 6.07) is 2.53. The lowest BCUT2D eigenvalue weighted by molar-refractivity contribution is -0.312. The van der Waals surface area contributed by atoms with Crippen LogP contribution in [0.25, 0.3) is 0 Å². The van der Waals surface area contributed by atoms with Gasteiger partial charge in [-0.3, -0.25) is 14.5 Å². The highest BCUT2D eigenvalue weighted by atomic mass is 35.5. The molecule has 116 valence electrons. The summed E-state index contributed by atoms with van der Waals surface area (Å²) >= 11 is 11.8. The first-order valence-corrected chi connectivity index (χ1v) is 7.73. The van der Waals surface area contributed by atoms with Gasteiger partial charge in [0.05, 0.1) is 21.2 Å². The number of aliphatic carboxylic acids is 1. The number of benzene rings is 1. The van der Waals surface area contributed by atoms with E-state index in [2.05, 4.69) is 0 Å². The highest BCUT2D eigenvalue weighted by molar-refractivity contribution is 6.43. The van der Waals surface area contributed by atoms with Crippen LogP contribution in [0, 0.1) is 5.92 Å². The molecule has 0 saturated heterocycles. The van der Waals surface area contributed by atoms with Crippen LogP contribution in [0.1, 0.15) is 46.4 Å². The number of nitrogens with zero attached hydrogens (tertiary/aromatic N) is 1. The molecule has 0 bridgehead atoms. The zero-order valence-electron chi connectivity index (χ0n) is 11.5. The number of hydrogen-bond donors (Lipinski definition) is 0. The number of carbonyl (C=O) groups is 3. The van der Waals surface area contributed by atoms with Crippen LogP contribution in [0.15, 0.2) is 12.1 Å². The van der Waals surface area contributed by atoms with Gasteiger partial charge in [-0.25, -0.2) is 0 Å². The van der Waals surface area contributed by atoms with Gasteiger partial charge in [0.2, 0.25) is 0 Å².